The average Bonchev–Trinajstić information content (AvgIpc) is 2.74. The zero-order chi connectivity index (χ0) is 19.9. The maximum absolute atomic E-state index is 12.7. The Kier molecular flexibility index (Phi) is 10.8. The summed E-state index contributed by atoms with van der Waals surface area (Å²) in [6.07, 6.45) is 2.33. The molecule has 2 aromatic rings. The standard InChI is InChI=1S/C22H29N3O3.2ClH/c1-27-19-13-18(14-20(15-19)28-2)24-17-8-10-25(11-9-17)22(26)21(23)12-16-6-4-3-5-7-16;;/h3-7,13-15,17,21,24H,8-12,23H2,1-2H3;2*1H. The van der Waals surface area contributed by atoms with E-state index in [4.69, 9.17) is 15.2 Å². The summed E-state index contributed by atoms with van der Waals surface area (Å²) < 4.78 is 10.6. The number of carbonyl (C=O) groups is 1. The van der Waals surface area contributed by atoms with Gasteiger partial charge < -0.3 is 25.4 Å². The van der Waals surface area contributed by atoms with E-state index in [2.05, 4.69) is 5.32 Å². The van der Waals surface area contributed by atoms with E-state index < -0.39 is 6.04 Å². The summed E-state index contributed by atoms with van der Waals surface area (Å²) in [4.78, 5) is 14.6. The lowest BCUT2D eigenvalue weighted by molar-refractivity contribution is -0.133. The highest BCUT2D eigenvalue weighted by Crippen LogP contribution is 2.27. The van der Waals surface area contributed by atoms with E-state index in [9.17, 15) is 4.79 Å². The Morgan fingerprint density at radius 1 is 1.07 bits per heavy atom. The Hall–Kier alpha value is -2.15. The quantitative estimate of drug-likeness (QED) is 0.667. The Balaban J connectivity index is 0.00000225. The van der Waals surface area contributed by atoms with Gasteiger partial charge in [-0.2, -0.15) is 0 Å². The third-order valence-electron chi connectivity index (χ3n) is 5.14. The lowest BCUT2D eigenvalue weighted by atomic mass is 10.0. The molecule has 3 rings (SSSR count). The molecule has 2 aromatic carbocycles. The molecule has 1 unspecified atom stereocenters. The molecule has 1 fully saturated rings. The van der Waals surface area contributed by atoms with Crippen LogP contribution in [0.3, 0.4) is 0 Å². The molecule has 1 heterocycles. The lowest BCUT2D eigenvalue weighted by Gasteiger charge is -2.34. The summed E-state index contributed by atoms with van der Waals surface area (Å²) in [6.45, 7) is 1.42. The summed E-state index contributed by atoms with van der Waals surface area (Å²) in [7, 11) is 3.28. The molecule has 0 saturated carbocycles. The van der Waals surface area contributed by atoms with E-state index in [1.165, 1.54) is 0 Å². The minimum Gasteiger partial charge on any atom is -0.497 e. The maximum atomic E-state index is 12.7. The Morgan fingerprint density at radius 3 is 2.17 bits per heavy atom. The zero-order valence-corrected chi connectivity index (χ0v) is 19.0. The third-order valence-corrected chi connectivity index (χ3v) is 5.14. The van der Waals surface area contributed by atoms with Crippen LogP contribution in [-0.2, 0) is 11.2 Å². The van der Waals surface area contributed by atoms with Gasteiger partial charge in [-0.3, -0.25) is 4.79 Å². The fourth-order valence-electron chi connectivity index (χ4n) is 3.56. The van der Waals surface area contributed by atoms with Gasteiger partial charge >= 0.3 is 0 Å². The second kappa shape index (κ2) is 12.5. The molecule has 166 valence electrons. The minimum atomic E-state index is -0.491. The minimum absolute atomic E-state index is 0. The number of hydrogen-bond acceptors (Lipinski definition) is 5. The van der Waals surface area contributed by atoms with Gasteiger partial charge in [0.25, 0.3) is 0 Å². The molecule has 0 radical (unpaired) electrons. The number of nitrogens with one attached hydrogen (secondary N) is 1. The number of halogens is 2. The van der Waals surface area contributed by atoms with Crippen LogP contribution in [0.1, 0.15) is 18.4 Å². The van der Waals surface area contributed by atoms with Crippen molar-refractivity contribution in [3.63, 3.8) is 0 Å². The summed E-state index contributed by atoms with van der Waals surface area (Å²) in [5.74, 6) is 1.54. The summed E-state index contributed by atoms with van der Waals surface area (Å²) >= 11 is 0. The Morgan fingerprint density at radius 2 is 1.63 bits per heavy atom. The number of methoxy groups -OCH3 is 2. The van der Waals surface area contributed by atoms with Crippen molar-refractivity contribution in [2.24, 2.45) is 5.73 Å². The van der Waals surface area contributed by atoms with Gasteiger partial charge in [-0.05, 0) is 24.8 Å². The van der Waals surface area contributed by atoms with Gasteiger partial charge in [0.15, 0.2) is 0 Å². The molecule has 1 aliphatic heterocycles. The molecule has 1 saturated heterocycles. The molecule has 1 aliphatic rings. The summed E-state index contributed by atoms with van der Waals surface area (Å²) in [6, 6.07) is 15.5. The van der Waals surface area contributed by atoms with Gasteiger partial charge in [0, 0.05) is 43.0 Å². The van der Waals surface area contributed by atoms with E-state index in [0.717, 1.165) is 35.6 Å². The van der Waals surface area contributed by atoms with E-state index >= 15 is 0 Å². The average molecular weight is 456 g/mol. The van der Waals surface area contributed by atoms with Crippen molar-refractivity contribution in [2.45, 2.75) is 31.3 Å². The highest BCUT2D eigenvalue weighted by molar-refractivity contribution is 5.85. The van der Waals surface area contributed by atoms with Crippen LogP contribution in [0.5, 0.6) is 11.5 Å². The van der Waals surface area contributed by atoms with Gasteiger partial charge in [-0.25, -0.2) is 0 Å². The maximum Gasteiger partial charge on any atom is 0.239 e. The van der Waals surface area contributed by atoms with Gasteiger partial charge in [-0.1, -0.05) is 30.3 Å². The first-order valence-electron chi connectivity index (χ1n) is 9.67. The van der Waals surface area contributed by atoms with Crippen LogP contribution in [0.25, 0.3) is 0 Å². The van der Waals surface area contributed by atoms with Crippen molar-refractivity contribution in [1.29, 1.82) is 0 Å². The third kappa shape index (κ3) is 6.97. The van der Waals surface area contributed by atoms with Gasteiger partial charge in [0.2, 0.25) is 5.91 Å². The van der Waals surface area contributed by atoms with Crippen LogP contribution in [0.2, 0.25) is 0 Å². The number of piperidine rings is 1. The van der Waals surface area contributed by atoms with E-state index in [1.807, 2.05) is 53.4 Å². The molecular weight excluding hydrogens is 425 g/mol. The molecule has 0 aliphatic carbocycles. The molecule has 6 nitrogen and oxygen atoms in total. The largest absolute Gasteiger partial charge is 0.497 e. The predicted molar refractivity (Wildman–Crippen MR) is 125 cm³/mol. The van der Waals surface area contributed by atoms with Crippen LogP contribution in [0.4, 0.5) is 5.69 Å². The topological polar surface area (TPSA) is 76.8 Å². The van der Waals surface area contributed by atoms with Gasteiger partial charge in [0.1, 0.15) is 11.5 Å². The van der Waals surface area contributed by atoms with E-state index in [1.54, 1.807) is 14.2 Å². The first kappa shape index (κ1) is 25.9. The van der Waals surface area contributed by atoms with Crippen molar-refractivity contribution in [3.8, 4) is 11.5 Å². The van der Waals surface area contributed by atoms with E-state index in [-0.39, 0.29) is 30.7 Å². The molecule has 8 heteroatoms. The van der Waals surface area contributed by atoms with Crippen molar-refractivity contribution < 1.29 is 14.3 Å². The monoisotopic (exact) mass is 455 g/mol. The highest BCUT2D eigenvalue weighted by Gasteiger charge is 2.26. The molecule has 30 heavy (non-hydrogen) atoms. The number of anilines is 1. The molecule has 1 amide bonds. The number of nitrogens with zero attached hydrogens (tertiary/aromatic N) is 1. The first-order chi connectivity index (χ1) is 13.6. The number of benzene rings is 2. The Labute approximate surface area is 190 Å². The van der Waals surface area contributed by atoms with Crippen molar-refractivity contribution in [3.05, 3.63) is 54.1 Å². The molecular formula is C22H31Cl2N3O3. The predicted octanol–water partition coefficient (Wildman–Crippen LogP) is 3.52. The SMILES string of the molecule is COc1cc(NC2CCN(C(=O)C(N)Cc3ccccc3)CC2)cc(OC)c1.Cl.Cl. The number of amides is 1. The zero-order valence-electron chi connectivity index (χ0n) is 17.4. The normalized spacial score (nSPS) is 14.7. The second-order valence-corrected chi connectivity index (χ2v) is 7.14. The summed E-state index contributed by atoms with van der Waals surface area (Å²) in [5.41, 5.74) is 8.22. The molecule has 3 N–H and O–H groups in total. The van der Waals surface area contributed by atoms with Crippen molar-refractivity contribution in [1.82, 2.24) is 4.90 Å². The first-order valence-corrected chi connectivity index (χ1v) is 9.67. The number of carbonyl (C=O) groups excluding carboxylic acids is 1. The number of ether oxygens (including phenoxy) is 2. The fraction of sp³-hybridized carbons (Fsp3) is 0.409. The second-order valence-electron chi connectivity index (χ2n) is 7.14. The van der Waals surface area contributed by atoms with Gasteiger partial charge in [0.05, 0.1) is 20.3 Å². The number of hydrogen-bond donors (Lipinski definition) is 2. The number of rotatable bonds is 7. The fourth-order valence-corrected chi connectivity index (χ4v) is 3.56. The smallest absolute Gasteiger partial charge is 0.239 e. The van der Waals surface area contributed by atoms with Crippen LogP contribution < -0.4 is 20.5 Å². The van der Waals surface area contributed by atoms with Crippen LogP contribution >= 0.6 is 24.8 Å². The molecule has 0 spiro atoms. The molecule has 0 bridgehead atoms. The number of likely N-dealkylation sites (tertiary alicyclic amines) is 1. The van der Waals surface area contributed by atoms with Crippen LogP contribution in [0.15, 0.2) is 48.5 Å². The molecule has 1 atom stereocenters. The van der Waals surface area contributed by atoms with E-state index in [0.29, 0.717) is 25.6 Å². The van der Waals surface area contributed by atoms with Crippen LogP contribution in [0, 0.1) is 0 Å². The van der Waals surface area contributed by atoms with Gasteiger partial charge in [-0.15, -0.1) is 24.8 Å². The Bertz CT molecular complexity index is 762. The highest BCUT2D eigenvalue weighted by atomic mass is 35.5. The van der Waals surface area contributed by atoms with Crippen molar-refractivity contribution >= 4 is 36.4 Å². The lowest BCUT2D eigenvalue weighted by Crippen LogP contribution is -2.49. The summed E-state index contributed by atoms with van der Waals surface area (Å²) in [5, 5.41) is 3.53. The molecule has 0 aromatic heterocycles. The van der Waals surface area contributed by atoms with Crippen LogP contribution in [-0.4, -0.2) is 50.2 Å². The number of nitrogens with two attached hydrogens (primary N) is 1. The van der Waals surface area contributed by atoms with Crippen molar-refractivity contribution in [2.75, 3.05) is 32.6 Å².